The summed E-state index contributed by atoms with van der Waals surface area (Å²) in [6, 6.07) is 3.53. The molecule has 0 atom stereocenters. The summed E-state index contributed by atoms with van der Waals surface area (Å²) in [4.78, 5) is 22.0. The van der Waals surface area contributed by atoms with Gasteiger partial charge in [-0.1, -0.05) is 12.8 Å². The van der Waals surface area contributed by atoms with Crippen molar-refractivity contribution in [3.63, 3.8) is 0 Å². The lowest BCUT2D eigenvalue weighted by Crippen LogP contribution is -2.27. The third kappa shape index (κ3) is 2.89. The van der Waals surface area contributed by atoms with Gasteiger partial charge >= 0.3 is 5.97 Å². The highest BCUT2D eigenvalue weighted by Crippen LogP contribution is 2.25. The van der Waals surface area contributed by atoms with Crippen molar-refractivity contribution >= 4 is 11.8 Å². The molecule has 3 rings (SSSR count). The number of carbonyl (C=O) groups is 1. The Hall–Kier alpha value is -2.37. The minimum absolute atomic E-state index is 0.146. The molecule has 1 N–H and O–H groups in total. The molecule has 21 heavy (non-hydrogen) atoms. The third-order valence-corrected chi connectivity index (χ3v) is 3.65. The molecule has 2 aromatic heterocycles. The van der Waals surface area contributed by atoms with Crippen molar-refractivity contribution in [3.05, 3.63) is 30.2 Å². The fourth-order valence-electron chi connectivity index (χ4n) is 2.57. The Labute approximate surface area is 122 Å². The molecule has 0 bridgehead atoms. The Morgan fingerprint density at radius 3 is 2.62 bits per heavy atom. The molecule has 110 valence electrons. The van der Waals surface area contributed by atoms with E-state index in [9.17, 15) is 9.90 Å². The Morgan fingerprint density at radius 2 is 2.00 bits per heavy atom. The number of carboxylic acid groups (broad SMARTS) is 1. The van der Waals surface area contributed by atoms with Crippen LogP contribution in [-0.4, -0.2) is 34.1 Å². The summed E-state index contributed by atoms with van der Waals surface area (Å²) >= 11 is 0. The van der Waals surface area contributed by atoms with Gasteiger partial charge in [0.15, 0.2) is 11.6 Å². The van der Waals surface area contributed by atoms with Gasteiger partial charge in [0.2, 0.25) is 0 Å². The zero-order valence-corrected chi connectivity index (χ0v) is 11.7. The second-order valence-corrected chi connectivity index (χ2v) is 5.11. The van der Waals surface area contributed by atoms with Crippen LogP contribution in [0.4, 0.5) is 5.82 Å². The van der Waals surface area contributed by atoms with E-state index in [0.29, 0.717) is 17.4 Å². The molecule has 1 aliphatic heterocycles. The van der Waals surface area contributed by atoms with E-state index in [0.717, 1.165) is 25.9 Å². The number of aromatic carboxylic acids is 1. The number of aromatic nitrogens is 2. The molecule has 1 saturated heterocycles. The van der Waals surface area contributed by atoms with Crippen molar-refractivity contribution in [1.82, 2.24) is 9.97 Å². The van der Waals surface area contributed by atoms with Gasteiger partial charge in [0, 0.05) is 19.3 Å². The average Bonchev–Trinajstić information content (AvgIpc) is 2.89. The first-order chi connectivity index (χ1) is 10.3. The number of hydrogen-bond acceptors (Lipinski definition) is 5. The Balaban J connectivity index is 2.01. The van der Waals surface area contributed by atoms with E-state index < -0.39 is 5.97 Å². The number of anilines is 1. The highest BCUT2D eigenvalue weighted by molar-refractivity contribution is 5.93. The normalized spacial score (nSPS) is 15.7. The zero-order chi connectivity index (χ0) is 14.7. The lowest BCUT2D eigenvalue weighted by atomic mass is 10.2. The molecule has 0 amide bonds. The van der Waals surface area contributed by atoms with Crippen molar-refractivity contribution in [2.24, 2.45) is 0 Å². The second-order valence-electron chi connectivity index (χ2n) is 5.11. The minimum Gasteiger partial charge on any atom is -0.477 e. The van der Waals surface area contributed by atoms with Crippen molar-refractivity contribution in [3.8, 4) is 11.6 Å². The van der Waals surface area contributed by atoms with Gasteiger partial charge in [0.1, 0.15) is 11.4 Å². The van der Waals surface area contributed by atoms with E-state index in [1.165, 1.54) is 19.0 Å². The Kier molecular flexibility index (Phi) is 3.85. The highest BCUT2D eigenvalue weighted by atomic mass is 16.4. The number of hydrogen-bond donors (Lipinski definition) is 1. The molecule has 2 aromatic rings. The molecule has 0 saturated carbocycles. The standard InChI is InChI=1S/C15H17N3O3/c19-15(20)11-10-16-13(12-6-5-9-21-12)17-14(11)18-7-3-1-2-4-8-18/h5-6,9-10H,1-4,7-8H2,(H,19,20). The van der Waals surface area contributed by atoms with E-state index in [1.807, 2.05) is 4.90 Å². The maximum atomic E-state index is 11.4. The van der Waals surface area contributed by atoms with Gasteiger partial charge in [-0.25, -0.2) is 14.8 Å². The summed E-state index contributed by atoms with van der Waals surface area (Å²) < 4.78 is 5.30. The topological polar surface area (TPSA) is 79.5 Å². The first-order valence-electron chi connectivity index (χ1n) is 7.15. The Morgan fingerprint density at radius 1 is 1.24 bits per heavy atom. The van der Waals surface area contributed by atoms with E-state index in [-0.39, 0.29) is 5.56 Å². The average molecular weight is 287 g/mol. The summed E-state index contributed by atoms with van der Waals surface area (Å²) in [6.45, 7) is 1.66. The Bertz CT molecular complexity index is 617. The molecule has 0 unspecified atom stereocenters. The SMILES string of the molecule is O=C(O)c1cnc(-c2ccco2)nc1N1CCCCCC1. The van der Waals surface area contributed by atoms with Gasteiger partial charge in [-0.3, -0.25) is 0 Å². The smallest absolute Gasteiger partial charge is 0.341 e. The van der Waals surface area contributed by atoms with Gasteiger partial charge in [0.25, 0.3) is 0 Å². The molecular weight excluding hydrogens is 270 g/mol. The molecule has 6 nitrogen and oxygen atoms in total. The van der Waals surface area contributed by atoms with Crippen LogP contribution >= 0.6 is 0 Å². The number of carboxylic acids is 1. The van der Waals surface area contributed by atoms with Crippen molar-refractivity contribution in [2.75, 3.05) is 18.0 Å². The molecular formula is C15H17N3O3. The van der Waals surface area contributed by atoms with Gasteiger partial charge in [0.05, 0.1) is 6.26 Å². The van der Waals surface area contributed by atoms with Gasteiger partial charge in [-0.05, 0) is 25.0 Å². The third-order valence-electron chi connectivity index (χ3n) is 3.65. The van der Waals surface area contributed by atoms with Crippen LogP contribution in [0.15, 0.2) is 29.0 Å². The molecule has 0 radical (unpaired) electrons. The van der Waals surface area contributed by atoms with E-state index in [2.05, 4.69) is 9.97 Å². The van der Waals surface area contributed by atoms with Crippen LogP contribution in [0.1, 0.15) is 36.0 Å². The van der Waals surface area contributed by atoms with Gasteiger partial charge in [-0.15, -0.1) is 0 Å². The fourth-order valence-corrected chi connectivity index (χ4v) is 2.57. The molecule has 0 aliphatic carbocycles. The molecule has 0 spiro atoms. The van der Waals surface area contributed by atoms with Crippen molar-refractivity contribution in [1.29, 1.82) is 0 Å². The van der Waals surface area contributed by atoms with Crippen LogP contribution in [0.2, 0.25) is 0 Å². The van der Waals surface area contributed by atoms with Gasteiger partial charge in [-0.2, -0.15) is 0 Å². The van der Waals surface area contributed by atoms with Crippen LogP contribution in [0.3, 0.4) is 0 Å². The predicted molar refractivity (Wildman–Crippen MR) is 77.4 cm³/mol. The lowest BCUT2D eigenvalue weighted by Gasteiger charge is -2.23. The number of nitrogens with zero attached hydrogens (tertiary/aromatic N) is 3. The van der Waals surface area contributed by atoms with Gasteiger partial charge < -0.3 is 14.4 Å². The van der Waals surface area contributed by atoms with Crippen LogP contribution in [0, 0.1) is 0 Å². The summed E-state index contributed by atoms with van der Waals surface area (Å²) in [6.07, 6.45) is 7.38. The minimum atomic E-state index is -1.000. The number of furan rings is 1. The molecule has 1 fully saturated rings. The van der Waals surface area contributed by atoms with Crippen LogP contribution in [0.5, 0.6) is 0 Å². The highest BCUT2D eigenvalue weighted by Gasteiger charge is 2.21. The molecule has 0 aromatic carbocycles. The molecule has 3 heterocycles. The van der Waals surface area contributed by atoms with E-state index >= 15 is 0 Å². The fraction of sp³-hybridized carbons (Fsp3) is 0.400. The quantitative estimate of drug-likeness (QED) is 0.935. The number of rotatable bonds is 3. The maximum absolute atomic E-state index is 11.4. The summed E-state index contributed by atoms with van der Waals surface area (Å²) in [5, 5.41) is 9.36. The monoisotopic (exact) mass is 287 g/mol. The van der Waals surface area contributed by atoms with Crippen molar-refractivity contribution < 1.29 is 14.3 Å². The van der Waals surface area contributed by atoms with Crippen LogP contribution < -0.4 is 4.90 Å². The first-order valence-corrected chi connectivity index (χ1v) is 7.15. The van der Waals surface area contributed by atoms with E-state index in [1.54, 1.807) is 18.4 Å². The summed E-state index contributed by atoms with van der Waals surface area (Å²) in [7, 11) is 0. The molecule has 1 aliphatic rings. The summed E-state index contributed by atoms with van der Waals surface area (Å²) in [5.74, 6) is 0.457. The summed E-state index contributed by atoms with van der Waals surface area (Å²) in [5.41, 5.74) is 0.146. The largest absolute Gasteiger partial charge is 0.477 e. The predicted octanol–water partition coefficient (Wildman–Crippen LogP) is 2.82. The maximum Gasteiger partial charge on any atom is 0.341 e. The molecule has 6 heteroatoms. The zero-order valence-electron chi connectivity index (χ0n) is 11.7. The van der Waals surface area contributed by atoms with E-state index in [4.69, 9.17) is 4.42 Å². The van der Waals surface area contributed by atoms with Crippen LogP contribution in [-0.2, 0) is 0 Å². The second kappa shape index (κ2) is 5.95. The lowest BCUT2D eigenvalue weighted by molar-refractivity contribution is 0.0696. The van der Waals surface area contributed by atoms with Crippen molar-refractivity contribution in [2.45, 2.75) is 25.7 Å². The first kappa shape index (κ1) is 13.6. The van der Waals surface area contributed by atoms with Crippen LogP contribution in [0.25, 0.3) is 11.6 Å².